The normalized spacial score (nSPS) is 14.0. The third kappa shape index (κ3) is 2.88. The fourth-order valence-corrected chi connectivity index (χ4v) is 3.38. The molecule has 0 fully saturated rings. The monoisotopic (exact) mass is 340 g/mol. The molecule has 1 aliphatic heterocycles. The van der Waals surface area contributed by atoms with E-state index in [4.69, 9.17) is 10.4 Å². The van der Waals surface area contributed by atoms with E-state index >= 15 is 0 Å². The highest BCUT2D eigenvalue weighted by atomic mass is 32.2. The van der Waals surface area contributed by atoms with Crippen LogP contribution in [0, 0.1) is 11.6 Å². The molecule has 0 aliphatic carbocycles. The molecule has 0 aromatic heterocycles. The number of halogens is 2. The molecule has 10 heteroatoms. The molecule has 2 aromatic rings. The van der Waals surface area contributed by atoms with Crippen LogP contribution < -0.4 is 15.9 Å². The van der Waals surface area contributed by atoms with Crippen molar-refractivity contribution in [3.8, 4) is 0 Å². The Morgan fingerprint density at radius 3 is 2.65 bits per heavy atom. The second-order valence-electron chi connectivity index (χ2n) is 4.99. The fraction of sp³-hybridized carbons (Fsp3) is 0.0769. The van der Waals surface area contributed by atoms with Crippen LogP contribution in [0.4, 0.5) is 20.2 Å². The summed E-state index contributed by atoms with van der Waals surface area (Å²) in [6.45, 7) is 0.0209. The van der Waals surface area contributed by atoms with E-state index in [9.17, 15) is 22.2 Å². The zero-order chi connectivity index (χ0) is 16.8. The molecule has 0 radical (unpaired) electrons. The lowest BCUT2D eigenvalue weighted by Gasteiger charge is -2.11. The maximum atomic E-state index is 14.0. The van der Waals surface area contributed by atoms with Gasteiger partial charge in [-0.25, -0.2) is 17.2 Å². The van der Waals surface area contributed by atoms with Crippen LogP contribution in [-0.2, 0) is 21.3 Å². The predicted molar refractivity (Wildman–Crippen MR) is 80.4 cm³/mol. The van der Waals surface area contributed by atoms with Crippen molar-refractivity contribution in [2.75, 3.05) is 10.5 Å². The molecular formula is C13H11BF2N2O4S. The number of hydrogen-bond donors (Lipinski definition) is 3. The lowest BCUT2D eigenvalue weighted by atomic mass is 9.79. The maximum Gasteiger partial charge on any atom is 0.491 e. The minimum Gasteiger partial charge on any atom is -0.423 e. The first-order chi connectivity index (χ1) is 10.8. The van der Waals surface area contributed by atoms with Gasteiger partial charge in [-0.2, -0.15) is 0 Å². The van der Waals surface area contributed by atoms with Gasteiger partial charge in [-0.1, -0.05) is 0 Å². The molecule has 0 amide bonds. The van der Waals surface area contributed by atoms with Gasteiger partial charge >= 0.3 is 7.12 Å². The molecular weight excluding hydrogens is 329 g/mol. The summed E-state index contributed by atoms with van der Waals surface area (Å²) < 4.78 is 59.1. The zero-order valence-corrected chi connectivity index (χ0v) is 12.4. The van der Waals surface area contributed by atoms with Gasteiger partial charge in [0.05, 0.1) is 12.3 Å². The summed E-state index contributed by atoms with van der Waals surface area (Å²) in [5.74, 6) is -1.91. The molecule has 4 N–H and O–H groups in total. The molecule has 1 heterocycles. The van der Waals surface area contributed by atoms with Crippen LogP contribution in [-0.4, -0.2) is 20.6 Å². The quantitative estimate of drug-likeness (QED) is 0.560. The van der Waals surface area contributed by atoms with Gasteiger partial charge in [0, 0.05) is 5.69 Å². The van der Waals surface area contributed by atoms with Gasteiger partial charge in [-0.05, 0) is 41.4 Å². The van der Waals surface area contributed by atoms with E-state index < -0.39 is 39.4 Å². The third-order valence-electron chi connectivity index (χ3n) is 3.38. The highest BCUT2D eigenvalue weighted by Crippen LogP contribution is 2.24. The minimum atomic E-state index is -4.36. The number of hydrogen-bond acceptors (Lipinski definition) is 5. The van der Waals surface area contributed by atoms with Crippen molar-refractivity contribution in [1.82, 2.24) is 0 Å². The number of sulfonamides is 1. The van der Waals surface area contributed by atoms with Crippen LogP contribution in [0.25, 0.3) is 0 Å². The van der Waals surface area contributed by atoms with Crippen LogP contribution in [0.3, 0.4) is 0 Å². The van der Waals surface area contributed by atoms with E-state index in [1.165, 1.54) is 6.07 Å². The molecule has 6 nitrogen and oxygen atoms in total. The van der Waals surface area contributed by atoms with Crippen molar-refractivity contribution < 1.29 is 26.9 Å². The highest BCUT2D eigenvalue weighted by molar-refractivity contribution is 7.92. The van der Waals surface area contributed by atoms with Gasteiger partial charge < -0.3 is 15.4 Å². The van der Waals surface area contributed by atoms with E-state index in [1.54, 1.807) is 0 Å². The fourth-order valence-electron chi connectivity index (χ4n) is 2.26. The Balaban J connectivity index is 2.00. The number of benzene rings is 2. The summed E-state index contributed by atoms with van der Waals surface area (Å²) in [6.07, 6.45) is 0. The molecule has 0 bridgehead atoms. The number of fused-ring (bicyclic) bond motifs is 1. The Kier molecular flexibility index (Phi) is 3.75. The lowest BCUT2D eigenvalue weighted by Crippen LogP contribution is -2.29. The average Bonchev–Trinajstić information content (AvgIpc) is 2.79. The summed E-state index contributed by atoms with van der Waals surface area (Å²) in [5, 5.41) is 9.59. The number of anilines is 2. The number of rotatable bonds is 3. The van der Waals surface area contributed by atoms with Gasteiger partial charge in [0.2, 0.25) is 0 Å². The van der Waals surface area contributed by atoms with Crippen molar-refractivity contribution in [2.24, 2.45) is 0 Å². The van der Waals surface area contributed by atoms with E-state index in [2.05, 4.69) is 0 Å². The van der Waals surface area contributed by atoms with Crippen LogP contribution in [0.2, 0.25) is 0 Å². The first kappa shape index (κ1) is 15.7. The Bertz CT molecular complexity index is 892. The minimum absolute atomic E-state index is 0.0209. The van der Waals surface area contributed by atoms with Gasteiger partial charge in [0.15, 0.2) is 0 Å². The van der Waals surface area contributed by atoms with Crippen molar-refractivity contribution in [1.29, 1.82) is 0 Å². The zero-order valence-electron chi connectivity index (χ0n) is 11.6. The summed E-state index contributed by atoms with van der Waals surface area (Å²) in [5.41, 5.74) is 5.68. The summed E-state index contributed by atoms with van der Waals surface area (Å²) in [4.78, 5) is -0.664. The van der Waals surface area contributed by atoms with E-state index in [0.29, 0.717) is 5.56 Å². The highest BCUT2D eigenvalue weighted by Gasteiger charge is 2.30. The topological polar surface area (TPSA) is 102 Å². The smallest absolute Gasteiger partial charge is 0.423 e. The standard InChI is InChI=1S/C13H11BF2N2O4S/c15-10-3-7-6-22-14(19)9(7)5-12(10)18-23(20,21)13-2-1-8(17)4-11(13)16/h1-5,18-19H,6,17H2. The molecule has 0 spiro atoms. The van der Waals surface area contributed by atoms with Crippen LogP contribution >= 0.6 is 0 Å². The Labute approximate surface area is 131 Å². The van der Waals surface area contributed by atoms with E-state index in [-0.39, 0.29) is 17.8 Å². The van der Waals surface area contributed by atoms with Crippen molar-refractivity contribution in [2.45, 2.75) is 11.5 Å². The Hall–Kier alpha value is -2.17. The average molecular weight is 340 g/mol. The van der Waals surface area contributed by atoms with Gasteiger partial charge in [0.25, 0.3) is 10.0 Å². The van der Waals surface area contributed by atoms with Crippen molar-refractivity contribution >= 4 is 34.0 Å². The molecule has 0 atom stereocenters. The van der Waals surface area contributed by atoms with Gasteiger partial charge in [-0.3, -0.25) is 4.72 Å². The van der Waals surface area contributed by atoms with Crippen LogP contribution in [0.5, 0.6) is 0 Å². The first-order valence-corrected chi connectivity index (χ1v) is 7.96. The number of nitrogen functional groups attached to an aromatic ring is 1. The molecule has 23 heavy (non-hydrogen) atoms. The molecule has 0 saturated heterocycles. The van der Waals surface area contributed by atoms with E-state index in [0.717, 1.165) is 24.3 Å². The van der Waals surface area contributed by atoms with Crippen LogP contribution in [0.15, 0.2) is 35.2 Å². The molecule has 3 rings (SSSR count). The van der Waals surface area contributed by atoms with Gasteiger partial charge in [0.1, 0.15) is 16.5 Å². The molecule has 0 saturated carbocycles. The third-order valence-corrected chi connectivity index (χ3v) is 4.78. The molecule has 1 aliphatic rings. The van der Waals surface area contributed by atoms with Crippen molar-refractivity contribution in [3.05, 3.63) is 47.5 Å². The molecule has 120 valence electrons. The summed E-state index contributed by atoms with van der Waals surface area (Å²) >= 11 is 0. The number of nitrogens with one attached hydrogen (secondary N) is 1. The molecule has 2 aromatic carbocycles. The lowest BCUT2D eigenvalue weighted by molar-refractivity contribution is 0.275. The maximum absolute atomic E-state index is 14.0. The first-order valence-electron chi connectivity index (χ1n) is 6.48. The van der Waals surface area contributed by atoms with E-state index in [1.807, 2.05) is 4.72 Å². The largest absolute Gasteiger partial charge is 0.491 e. The summed E-state index contributed by atoms with van der Waals surface area (Å²) in [6, 6.07) is 5.23. The second-order valence-corrected chi connectivity index (χ2v) is 6.64. The van der Waals surface area contributed by atoms with Crippen LogP contribution in [0.1, 0.15) is 5.56 Å². The van der Waals surface area contributed by atoms with Gasteiger partial charge in [-0.15, -0.1) is 0 Å². The molecule has 0 unspecified atom stereocenters. The SMILES string of the molecule is Nc1ccc(S(=O)(=O)Nc2cc3c(cc2F)COB3O)c(F)c1. The predicted octanol–water partition coefficient (Wildman–Crippen LogP) is 0.566. The van der Waals surface area contributed by atoms with Crippen molar-refractivity contribution in [3.63, 3.8) is 0 Å². The number of nitrogens with two attached hydrogens (primary N) is 1. The Morgan fingerprint density at radius 2 is 1.96 bits per heavy atom. The Morgan fingerprint density at radius 1 is 1.22 bits per heavy atom. The second kappa shape index (κ2) is 5.48. The summed E-state index contributed by atoms with van der Waals surface area (Å²) in [7, 11) is -5.62.